The van der Waals surface area contributed by atoms with Crippen LogP contribution in [-0.2, 0) is 6.54 Å². The van der Waals surface area contributed by atoms with Crippen molar-refractivity contribution in [2.24, 2.45) is 0 Å². The van der Waals surface area contributed by atoms with E-state index in [9.17, 15) is 0 Å². The summed E-state index contributed by atoms with van der Waals surface area (Å²) in [6, 6.07) is 8.05. The van der Waals surface area contributed by atoms with Crippen LogP contribution in [0.1, 0.15) is 36.8 Å². The third-order valence-corrected chi connectivity index (χ3v) is 4.95. The standard InChI is InChI=1S/C16H25BrN2/c1-12-4-5-14(17)10-13(12)11-19(3)16-8-6-15(18-2)7-9-16/h4-5,10,15-16,18H,6-9,11H2,1-3H3. The average Bonchev–Trinajstić information content (AvgIpc) is 2.43. The number of benzene rings is 1. The molecule has 0 aromatic heterocycles. The molecule has 1 aromatic carbocycles. The Morgan fingerprint density at radius 2 is 1.95 bits per heavy atom. The van der Waals surface area contributed by atoms with Crippen molar-refractivity contribution in [1.29, 1.82) is 0 Å². The van der Waals surface area contributed by atoms with Crippen molar-refractivity contribution in [2.45, 2.75) is 51.2 Å². The van der Waals surface area contributed by atoms with Crippen LogP contribution in [0.25, 0.3) is 0 Å². The first kappa shape index (κ1) is 15.0. The molecule has 0 unspecified atom stereocenters. The molecule has 2 rings (SSSR count). The summed E-state index contributed by atoms with van der Waals surface area (Å²) in [4.78, 5) is 2.53. The van der Waals surface area contributed by atoms with Crippen molar-refractivity contribution in [3.8, 4) is 0 Å². The summed E-state index contributed by atoms with van der Waals surface area (Å²) in [5.41, 5.74) is 2.83. The molecule has 1 N–H and O–H groups in total. The van der Waals surface area contributed by atoms with Crippen LogP contribution in [-0.4, -0.2) is 31.1 Å². The Morgan fingerprint density at radius 1 is 1.26 bits per heavy atom. The van der Waals surface area contributed by atoms with E-state index in [2.05, 4.69) is 65.4 Å². The lowest BCUT2D eigenvalue weighted by Crippen LogP contribution is -2.39. The molecule has 0 atom stereocenters. The van der Waals surface area contributed by atoms with Gasteiger partial charge in [-0.3, -0.25) is 4.90 Å². The van der Waals surface area contributed by atoms with Gasteiger partial charge >= 0.3 is 0 Å². The topological polar surface area (TPSA) is 15.3 Å². The Kier molecular flexibility index (Phi) is 5.43. The maximum Gasteiger partial charge on any atom is 0.0236 e. The number of nitrogens with one attached hydrogen (secondary N) is 1. The normalized spacial score (nSPS) is 23.8. The minimum atomic E-state index is 0.734. The van der Waals surface area contributed by atoms with Crippen LogP contribution in [0.2, 0.25) is 0 Å². The zero-order chi connectivity index (χ0) is 13.8. The Morgan fingerprint density at radius 3 is 2.58 bits per heavy atom. The molecule has 0 radical (unpaired) electrons. The fraction of sp³-hybridized carbons (Fsp3) is 0.625. The maximum absolute atomic E-state index is 3.57. The van der Waals surface area contributed by atoms with Crippen molar-refractivity contribution in [3.05, 3.63) is 33.8 Å². The van der Waals surface area contributed by atoms with E-state index in [1.54, 1.807) is 0 Å². The molecular weight excluding hydrogens is 300 g/mol. The van der Waals surface area contributed by atoms with Gasteiger partial charge in [-0.05, 0) is 70.0 Å². The highest BCUT2D eigenvalue weighted by Gasteiger charge is 2.23. The van der Waals surface area contributed by atoms with Crippen LogP contribution in [0, 0.1) is 6.92 Å². The van der Waals surface area contributed by atoms with Crippen molar-refractivity contribution in [3.63, 3.8) is 0 Å². The van der Waals surface area contributed by atoms with E-state index in [0.717, 1.165) is 18.6 Å². The fourth-order valence-electron chi connectivity index (χ4n) is 3.01. The van der Waals surface area contributed by atoms with Gasteiger partial charge in [-0.2, -0.15) is 0 Å². The van der Waals surface area contributed by atoms with Crippen LogP contribution in [0.4, 0.5) is 0 Å². The smallest absolute Gasteiger partial charge is 0.0236 e. The number of nitrogens with zero attached hydrogens (tertiary/aromatic N) is 1. The van der Waals surface area contributed by atoms with Crippen LogP contribution < -0.4 is 5.32 Å². The Labute approximate surface area is 125 Å². The molecule has 0 spiro atoms. The molecule has 0 bridgehead atoms. The maximum atomic E-state index is 3.57. The van der Waals surface area contributed by atoms with E-state index in [1.165, 1.54) is 41.3 Å². The predicted octanol–water partition coefficient (Wildman–Crippen LogP) is 3.72. The Balaban J connectivity index is 1.94. The van der Waals surface area contributed by atoms with E-state index in [4.69, 9.17) is 0 Å². The van der Waals surface area contributed by atoms with E-state index >= 15 is 0 Å². The van der Waals surface area contributed by atoms with Crippen LogP contribution >= 0.6 is 15.9 Å². The van der Waals surface area contributed by atoms with E-state index < -0.39 is 0 Å². The SMILES string of the molecule is CNC1CCC(N(C)Cc2cc(Br)ccc2C)CC1. The zero-order valence-electron chi connectivity index (χ0n) is 12.2. The predicted molar refractivity (Wildman–Crippen MR) is 85.4 cm³/mol. The summed E-state index contributed by atoms with van der Waals surface area (Å²) in [7, 11) is 4.35. The van der Waals surface area contributed by atoms with Gasteiger partial charge in [0.1, 0.15) is 0 Å². The first-order valence-electron chi connectivity index (χ1n) is 7.22. The third-order valence-electron chi connectivity index (χ3n) is 4.46. The van der Waals surface area contributed by atoms with Gasteiger partial charge in [0.05, 0.1) is 0 Å². The quantitative estimate of drug-likeness (QED) is 0.908. The van der Waals surface area contributed by atoms with Gasteiger partial charge in [0.2, 0.25) is 0 Å². The number of aryl methyl sites for hydroxylation is 1. The summed E-state index contributed by atoms with van der Waals surface area (Å²) >= 11 is 3.57. The molecule has 1 aliphatic carbocycles. The number of hydrogen-bond acceptors (Lipinski definition) is 2. The van der Waals surface area contributed by atoms with Crippen LogP contribution in [0.3, 0.4) is 0 Å². The molecule has 0 amide bonds. The summed E-state index contributed by atoms with van der Waals surface area (Å²) < 4.78 is 1.18. The molecule has 1 aromatic rings. The van der Waals surface area contributed by atoms with Crippen molar-refractivity contribution < 1.29 is 0 Å². The molecule has 3 heteroatoms. The number of rotatable bonds is 4. The van der Waals surface area contributed by atoms with Gasteiger partial charge in [-0.25, -0.2) is 0 Å². The molecule has 0 heterocycles. The minimum Gasteiger partial charge on any atom is -0.317 e. The largest absolute Gasteiger partial charge is 0.317 e. The second kappa shape index (κ2) is 6.87. The number of hydrogen-bond donors (Lipinski definition) is 1. The second-order valence-corrected chi connectivity index (χ2v) is 6.70. The number of halogens is 1. The summed E-state index contributed by atoms with van der Waals surface area (Å²) in [6.07, 6.45) is 5.25. The highest BCUT2D eigenvalue weighted by molar-refractivity contribution is 9.10. The average molecular weight is 325 g/mol. The minimum absolute atomic E-state index is 0.734. The first-order valence-corrected chi connectivity index (χ1v) is 8.02. The van der Waals surface area contributed by atoms with Crippen molar-refractivity contribution >= 4 is 15.9 Å². The van der Waals surface area contributed by atoms with Crippen LogP contribution in [0.5, 0.6) is 0 Å². The Bertz CT molecular complexity index is 411. The molecule has 2 nitrogen and oxygen atoms in total. The molecule has 1 aliphatic rings. The Hall–Kier alpha value is -0.380. The van der Waals surface area contributed by atoms with Crippen molar-refractivity contribution in [1.82, 2.24) is 10.2 Å². The second-order valence-electron chi connectivity index (χ2n) is 5.78. The van der Waals surface area contributed by atoms with Crippen LogP contribution in [0.15, 0.2) is 22.7 Å². The van der Waals surface area contributed by atoms with Gasteiger partial charge < -0.3 is 5.32 Å². The molecule has 106 valence electrons. The molecule has 0 aliphatic heterocycles. The highest BCUT2D eigenvalue weighted by Crippen LogP contribution is 2.25. The zero-order valence-corrected chi connectivity index (χ0v) is 13.8. The van der Waals surface area contributed by atoms with Gasteiger partial charge in [0.15, 0.2) is 0 Å². The molecule has 0 saturated heterocycles. The monoisotopic (exact) mass is 324 g/mol. The summed E-state index contributed by atoms with van der Waals surface area (Å²) in [5, 5.41) is 3.40. The lowest BCUT2D eigenvalue weighted by atomic mass is 9.90. The molecule has 1 fully saturated rings. The highest BCUT2D eigenvalue weighted by atomic mass is 79.9. The van der Waals surface area contributed by atoms with Gasteiger partial charge in [0, 0.05) is 23.1 Å². The van der Waals surface area contributed by atoms with Crippen molar-refractivity contribution in [2.75, 3.05) is 14.1 Å². The fourth-order valence-corrected chi connectivity index (χ4v) is 3.42. The van der Waals surface area contributed by atoms with Gasteiger partial charge in [-0.15, -0.1) is 0 Å². The first-order chi connectivity index (χ1) is 9.10. The van der Waals surface area contributed by atoms with E-state index in [0.29, 0.717) is 0 Å². The van der Waals surface area contributed by atoms with E-state index in [-0.39, 0.29) is 0 Å². The molecule has 19 heavy (non-hydrogen) atoms. The van der Waals surface area contributed by atoms with Gasteiger partial charge in [-0.1, -0.05) is 22.0 Å². The summed E-state index contributed by atoms with van der Waals surface area (Å²) in [5.74, 6) is 0. The summed E-state index contributed by atoms with van der Waals surface area (Å²) in [6.45, 7) is 3.26. The lowest BCUT2D eigenvalue weighted by Gasteiger charge is -2.35. The lowest BCUT2D eigenvalue weighted by molar-refractivity contribution is 0.169. The molecular formula is C16H25BrN2. The molecule has 1 saturated carbocycles. The van der Waals surface area contributed by atoms with E-state index in [1.807, 2.05) is 0 Å². The third kappa shape index (κ3) is 4.04. The van der Waals surface area contributed by atoms with Gasteiger partial charge in [0.25, 0.3) is 0 Å².